The summed E-state index contributed by atoms with van der Waals surface area (Å²) >= 11 is 4.62. The van der Waals surface area contributed by atoms with E-state index in [1.54, 1.807) is 6.07 Å². The zero-order chi connectivity index (χ0) is 17.1. The number of hydrogen-bond donors (Lipinski definition) is 2. The van der Waals surface area contributed by atoms with Crippen molar-refractivity contribution in [3.05, 3.63) is 46.9 Å². The highest BCUT2D eigenvalue weighted by molar-refractivity contribution is 9.10. The van der Waals surface area contributed by atoms with Crippen LogP contribution in [0.2, 0.25) is 0 Å². The number of halogens is 1. The number of anilines is 2. The summed E-state index contributed by atoms with van der Waals surface area (Å²) in [5, 5.41) is 7.30. The third-order valence-electron chi connectivity index (χ3n) is 3.28. The van der Waals surface area contributed by atoms with Crippen molar-refractivity contribution < 1.29 is 9.32 Å². The molecule has 0 aliphatic heterocycles. The molecule has 1 heterocycles. The Balaban J connectivity index is 1.61. The lowest BCUT2D eigenvalue weighted by molar-refractivity contribution is 0.257. The van der Waals surface area contributed by atoms with Crippen molar-refractivity contribution in [3.8, 4) is 0 Å². The normalized spacial score (nSPS) is 10.6. The lowest BCUT2D eigenvalue weighted by Gasteiger charge is -2.12. The Hall–Kier alpha value is -2.19. The van der Waals surface area contributed by atoms with Crippen molar-refractivity contribution in [2.24, 2.45) is 0 Å². The summed E-state index contributed by atoms with van der Waals surface area (Å²) in [5.74, 6) is 0.382. The van der Waals surface area contributed by atoms with E-state index in [1.807, 2.05) is 55.4 Å². The lowest BCUT2D eigenvalue weighted by atomic mass is 10.2. The molecule has 3 rings (SSSR count). The van der Waals surface area contributed by atoms with Gasteiger partial charge in [0.25, 0.3) is 0 Å². The molecule has 0 unspecified atom stereocenters. The second kappa shape index (κ2) is 7.14. The van der Waals surface area contributed by atoms with E-state index in [4.69, 9.17) is 4.52 Å². The summed E-state index contributed by atoms with van der Waals surface area (Å²) in [6.07, 6.45) is 0. The third-order valence-corrected chi connectivity index (χ3v) is 4.57. The van der Waals surface area contributed by atoms with Crippen LogP contribution < -0.4 is 14.9 Å². The molecule has 24 heavy (non-hydrogen) atoms. The number of urea groups is 1. The number of rotatable bonds is 4. The van der Waals surface area contributed by atoms with E-state index in [9.17, 15) is 4.79 Å². The first-order chi connectivity index (χ1) is 11.5. The highest BCUT2D eigenvalue weighted by atomic mass is 79.9. The summed E-state index contributed by atoms with van der Waals surface area (Å²) in [6.45, 7) is 0. The minimum atomic E-state index is -0.369. The van der Waals surface area contributed by atoms with Gasteiger partial charge in [0.05, 0.1) is 5.39 Å². The Morgan fingerprint density at radius 2 is 1.96 bits per heavy atom. The van der Waals surface area contributed by atoms with Crippen LogP contribution in [0.1, 0.15) is 0 Å². The van der Waals surface area contributed by atoms with Crippen molar-refractivity contribution in [1.29, 1.82) is 0 Å². The molecule has 0 aliphatic rings. The maximum atomic E-state index is 12.0. The molecule has 0 aliphatic carbocycles. The van der Waals surface area contributed by atoms with E-state index < -0.39 is 0 Å². The van der Waals surface area contributed by atoms with Crippen LogP contribution in [0.4, 0.5) is 16.3 Å². The van der Waals surface area contributed by atoms with Crippen LogP contribution in [-0.2, 0) is 0 Å². The van der Waals surface area contributed by atoms with Gasteiger partial charge in [0.2, 0.25) is 0 Å². The number of carbonyl (C=O) groups is 1. The summed E-state index contributed by atoms with van der Waals surface area (Å²) < 4.78 is 8.79. The Labute approximate surface area is 151 Å². The lowest BCUT2D eigenvalue weighted by Crippen LogP contribution is -2.22. The molecule has 6 nitrogen and oxygen atoms in total. The maximum Gasteiger partial charge on any atom is 0.330 e. The predicted octanol–water partition coefficient (Wildman–Crippen LogP) is 4.49. The molecule has 3 aromatic rings. The van der Waals surface area contributed by atoms with Gasteiger partial charge in [-0.1, -0.05) is 21.1 Å². The van der Waals surface area contributed by atoms with E-state index in [1.165, 1.54) is 11.9 Å². The topological polar surface area (TPSA) is 70.4 Å². The van der Waals surface area contributed by atoms with Gasteiger partial charge in [-0.25, -0.2) is 4.79 Å². The Kier molecular flexibility index (Phi) is 4.96. The minimum Gasteiger partial charge on any atom is -0.378 e. The molecular formula is C16H15BrN4O2S. The third kappa shape index (κ3) is 3.82. The molecule has 2 aromatic carbocycles. The van der Waals surface area contributed by atoms with Crippen molar-refractivity contribution in [1.82, 2.24) is 9.88 Å². The summed E-state index contributed by atoms with van der Waals surface area (Å²) in [5.41, 5.74) is 1.71. The Morgan fingerprint density at radius 1 is 1.21 bits per heavy atom. The first-order valence-electron chi connectivity index (χ1n) is 7.09. The standard InChI is InChI=1S/C16H15BrN4O2S/c1-21(2)11-4-6-12(7-5-11)24-20-16(22)18-15-13-9-10(17)3-8-14(13)23-19-15/h3-9H,1-2H3,(H2,18,19,20,22). The smallest absolute Gasteiger partial charge is 0.330 e. The number of aromatic nitrogens is 1. The number of amides is 2. The van der Waals surface area contributed by atoms with Crippen molar-refractivity contribution in [2.45, 2.75) is 4.90 Å². The molecule has 0 atom stereocenters. The second-order valence-corrected chi connectivity index (χ2v) is 7.01. The first-order valence-corrected chi connectivity index (χ1v) is 8.70. The van der Waals surface area contributed by atoms with Gasteiger partial charge in [-0.3, -0.25) is 10.0 Å². The molecule has 2 N–H and O–H groups in total. The molecular weight excluding hydrogens is 392 g/mol. The largest absolute Gasteiger partial charge is 0.378 e. The number of hydrogen-bond acceptors (Lipinski definition) is 5. The number of nitrogens with zero attached hydrogens (tertiary/aromatic N) is 2. The average Bonchev–Trinajstić information content (AvgIpc) is 2.95. The van der Waals surface area contributed by atoms with Gasteiger partial charge in [-0.05, 0) is 54.4 Å². The number of fused-ring (bicyclic) bond motifs is 1. The van der Waals surface area contributed by atoms with Crippen LogP contribution in [0.5, 0.6) is 0 Å². The highest BCUT2D eigenvalue weighted by Crippen LogP contribution is 2.26. The van der Waals surface area contributed by atoms with E-state index >= 15 is 0 Å². The average molecular weight is 407 g/mol. The monoisotopic (exact) mass is 406 g/mol. The molecule has 2 amide bonds. The SMILES string of the molecule is CN(C)c1ccc(SNC(=O)Nc2noc3ccc(Br)cc23)cc1. The van der Waals surface area contributed by atoms with Crippen LogP contribution >= 0.6 is 27.9 Å². The van der Waals surface area contributed by atoms with Crippen LogP contribution in [0.3, 0.4) is 0 Å². The van der Waals surface area contributed by atoms with Gasteiger partial charge in [0.1, 0.15) is 0 Å². The van der Waals surface area contributed by atoms with Gasteiger partial charge in [0.15, 0.2) is 11.4 Å². The predicted molar refractivity (Wildman–Crippen MR) is 100 cm³/mol. The van der Waals surface area contributed by atoms with Gasteiger partial charge in [-0.15, -0.1) is 0 Å². The first kappa shape index (κ1) is 16.7. The summed E-state index contributed by atoms with van der Waals surface area (Å²) in [7, 11) is 3.96. The highest BCUT2D eigenvalue weighted by Gasteiger charge is 2.11. The Morgan fingerprint density at radius 3 is 2.67 bits per heavy atom. The fraction of sp³-hybridized carbons (Fsp3) is 0.125. The van der Waals surface area contributed by atoms with E-state index in [-0.39, 0.29) is 6.03 Å². The molecule has 0 saturated heterocycles. The van der Waals surface area contributed by atoms with Crippen LogP contribution in [0.15, 0.2) is 56.4 Å². The van der Waals surface area contributed by atoms with Gasteiger partial charge in [-0.2, -0.15) is 0 Å². The second-order valence-electron chi connectivity index (χ2n) is 5.22. The van der Waals surface area contributed by atoms with Gasteiger partial charge in [0, 0.05) is 29.2 Å². The number of benzene rings is 2. The quantitative estimate of drug-likeness (QED) is 0.624. The van der Waals surface area contributed by atoms with Crippen LogP contribution in [0.25, 0.3) is 11.0 Å². The molecule has 0 saturated carbocycles. The van der Waals surface area contributed by atoms with Crippen molar-refractivity contribution in [2.75, 3.05) is 24.3 Å². The number of carbonyl (C=O) groups excluding carboxylic acids is 1. The molecule has 0 bridgehead atoms. The van der Waals surface area contributed by atoms with Crippen molar-refractivity contribution in [3.63, 3.8) is 0 Å². The van der Waals surface area contributed by atoms with Crippen LogP contribution in [-0.4, -0.2) is 25.3 Å². The number of nitrogens with one attached hydrogen (secondary N) is 2. The molecule has 0 radical (unpaired) electrons. The summed E-state index contributed by atoms with van der Waals surface area (Å²) in [6, 6.07) is 13.0. The molecule has 8 heteroatoms. The molecule has 0 fully saturated rings. The minimum absolute atomic E-state index is 0.369. The zero-order valence-corrected chi connectivity index (χ0v) is 15.4. The molecule has 0 spiro atoms. The van der Waals surface area contributed by atoms with Gasteiger partial charge >= 0.3 is 6.03 Å². The van der Waals surface area contributed by atoms with Crippen molar-refractivity contribution >= 4 is 56.4 Å². The maximum absolute atomic E-state index is 12.0. The molecule has 1 aromatic heterocycles. The van der Waals surface area contributed by atoms with E-state index in [0.717, 1.165) is 20.4 Å². The fourth-order valence-electron chi connectivity index (χ4n) is 2.05. The van der Waals surface area contributed by atoms with E-state index in [2.05, 4.69) is 31.1 Å². The molecule has 124 valence electrons. The fourth-order valence-corrected chi connectivity index (χ4v) is 2.95. The summed E-state index contributed by atoms with van der Waals surface area (Å²) in [4.78, 5) is 15.0. The Bertz CT molecular complexity index is 864. The zero-order valence-electron chi connectivity index (χ0n) is 13.0. The van der Waals surface area contributed by atoms with Gasteiger partial charge < -0.3 is 9.42 Å². The van der Waals surface area contributed by atoms with E-state index in [0.29, 0.717) is 11.4 Å². The van der Waals surface area contributed by atoms with Crippen LogP contribution in [0, 0.1) is 0 Å².